The number of hydrogen-bond acceptors (Lipinski definition) is 2. The van der Waals surface area contributed by atoms with Gasteiger partial charge in [0.05, 0.1) is 6.07 Å². The second-order valence-corrected chi connectivity index (χ2v) is 3.38. The lowest BCUT2D eigenvalue weighted by atomic mass is 9.73. The van der Waals surface area contributed by atoms with Crippen LogP contribution in [0.5, 0.6) is 0 Å². The summed E-state index contributed by atoms with van der Waals surface area (Å²) in [5, 5.41) is 16.5. The molecule has 1 saturated carbocycles. The zero-order valence-corrected chi connectivity index (χ0v) is 6.83. The highest BCUT2D eigenvalue weighted by Crippen LogP contribution is 2.40. The number of rotatable bonds is 3. The molecule has 0 unspecified atom stereocenters. The van der Waals surface area contributed by atoms with E-state index in [0.29, 0.717) is 12.8 Å². The Balaban J connectivity index is 2.36. The molecule has 0 saturated heterocycles. The van der Waals surface area contributed by atoms with Gasteiger partial charge in [0.15, 0.2) is 0 Å². The van der Waals surface area contributed by atoms with Crippen LogP contribution in [0.1, 0.15) is 19.3 Å². The van der Waals surface area contributed by atoms with E-state index in [4.69, 9.17) is 10.4 Å². The van der Waals surface area contributed by atoms with Gasteiger partial charge in [-0.25, -0.2) is 4.79 Å². The van der Waals surface area contributed by atoms with E-state index < -0.39 is 18.3 Å². The molecule has 1 aliphatic carbocycles. The Morgan fingerprint density at radius 1 is 1.62 bits per heavy atom. The van der Waals surface area contributed by atoms with Crippen molar-refractivity contribution in [3.8, 4) is 6.07 Å². The fourth-order valence-electron chi connectivity index (χ4n) is 1.46. The van der Waals surface area contributed by atoms with Crippen LogP contribution in [0.4, 0.5) is 8.78 Å². The maximum Gasteiger partial charge on any atom is 0.374 e. The van der Waals surface area contributed by atoms with Crippen LogP contribution in [0.15, 0.2) is 0 Å². The Hall–Kier alpha value is -1.18. The van der Waals surface area contributed by atoms with Crippen LogP contribution < -0.4 is 0 Å². The second kappa shape index (κ2) is 3.29. The topological polar surface area (TPSA) is 61.1 Å². The largest absolute Gasteiger partial charge is 0.477 e. The summed E-state index contributed by atoms with van der Waals surface area (Å²) in [6.45, 7) is 0. The molecule has 0 radical (unpaired) electrons. The van der Waals surface area contributed by atoms with Crippen LogP contribution in [0, 0.1) is 23.2 Å². The van der Waals surface area contributed by atoms with Crippen molar-refractivity contribution in [2.75, 3.05) is 0 Å². The van der Waals surface area contributed by atoms with Gasteiger partial charge in [0.2, 0.25) is 0 Å². The Bertz CT molecular complexity index is 253. The first-order valence-corrected chi connectivity index (χ1v) is 3.96. The lowest BCUT2D eigenvalue weighted by molar-refractivity contribution is -0.168. The molecule has 13 heavy (non-hydrogen) atoms. The number of nitriles is 1. The van der Waals surface area contributed by atoms with Crippen molar-refractivity contribution >= 4 is 5.97 Å². The van der Waals surface area contributed by atoms with Crippen LogP contribution in [0.2, 0.25) is 0 Å². The molecule has 72 valence electrons. The molecule has 0 aromatic rings. The smallest absolute Gasteiger partial charge is 0.374 e. The fourth-order valence-corrected chi connectivity index (χ4v) is 1.46. The van der Waals surface area contributed by atoms with Crippen LogP contribution in [-0.4, -0.2) is 17.0 Å². The molecule has 1 aliphatic rings. The number of alkyl halides is 2. The lowest BCUT2D eigenvalue weighted by Gasteiger charge is -2.31. The first-order valence-electron chi connectivity index (χ1n) is 3.96. The number of aliphatic carboxylic acids is 1. The summed E-state index contributed by atoms with van der Waals surface area (Å²) in [4.78, 5) is 10.0. The maximum absolute atomic E-state index is 12.6. The molecule has 3 nitrogen and oxygen atoms in total. The average Bonchev–Trinajstić information content (AvgIpc) is 1.95. The Morgan fingerprint density at radius 2 is 2.15 bits per heavy atom. The van der Waals surface area contributed by atoms with E-state index in [2.05, 4.69) is 0 Å². The van der Waals surface area contributed by atoms with Gasteiger partial charge in [-0.1, -0.05) is 0 Å². The summed E-state index contributed by atoms with van der Waals surface area (Å²) < 4.78 is 25.1. The van der Waals surface area contributed by atoms with Gasteiger partial charge in [-0.2, -0.15) is 14.0 Å². The monoisotopic (exact) mass is 189 g/mol. The molecule has 5 heteroatoms. The molecular formula is C8H9F2NO2. The zero-order valence-electron chi connectivity index (χ0n) is 6.83. The van der Waals surface area contributed by atoms with Crippen molar-refractivity contribution in [2.45, 2.75) is 25.2 Å². The summed E-state index contributed by atoms with van der Waals surface area (Å²) >= 11 is 0. The van der Waals surface area contributed by atoms with Crippen LogP contribution in [0.25, 0.3) is 0 Å². The maximum atomic E-state index is 12.6. The Kier molecular flexibility index (Phi) is 2.50. The van der Waals surface area contributed by atoms with Crippen molar-refractivity contribution in [3.05, 3.63) is 0 Å². The summed E-state index contributed by atoms with van der Waals surface area (Å²) in [5.74, 6) is -6.18. The average molecular weight is 189 g/mol. The zero-order chi connectivity index (χ0) is 10.1. The minimum absolute atomic E-state index is 0.158. The highest BCUT2D eigenvalue weighted by Gasteiger charge is 2.44. The minimum atomic E-state index is -3.63. The number of hydrogen-bond donors (Lipinski definition) is 1. The molecule has 0 spiro atoms. The molecule has 0 heterocycles. The SMILES string of the molecule is N#CC1CC(CC(F)(F)C(=O)O)C1. The standard InChI is InChI=1S/C8H9F2NO2/c9-8(10,7(12)13)3-5-1-6(2-5)4-11/h5-6H,1-3H2,(H,12,13). The second-order valence-electron chi connectivity index (χ2n) is 3.38. The predicted molar refractivity (Wildman–Crippen MR) is 39.0 cm³/mol. The number of carbonyl (C=O) groups is 1. The lowest BCUT2D eigenvalue weighted by Crippen LogP contribution is -2.35. The van der Waals surface area contributed by atoms with E-state index in [1.54, 1.807) is 0 Å². The molecule has 0 bridgehead atoms. The van der Waals surface area contributed by atoms with Crippen molar-refractivity contribution in [1.29, 1.82) is 5.26 Å². The number of halogens is 2. The molecule has 0 atom stereocenters. The van der Waals surface area contributed by atoms with Gasteiger partial charge in [-0.05, 0) is 18.8 Å². The van der Waals surface area contributed by atoms with Crippen molar-refractivity contribution in [1.82, 2.24) is 0 Å². The minimum Gasteiger partial charge on any atom is -0.477 e. The van der Waals surface area contributed by atoms with Gasteiger partial charge >= 0.3 is 11.9 Å². The predicted octanol–water partition coefficient (Wildman–Crippen LogP) is 1.65. The molecule has 0 amide bonds. The molecule has 0 aliphatic heterocycles. The molecule has 0 aromatic carbocycles. The Morgan fingerprint density at radius 3 is 2.54 bits per heavy atom. The number of carboxylic acids is 1. The third-order valence-corrected chi connectivity index (χ3v) is 2.28. The van der Waals surface area contributed by atoms with E-state index in [0.717, 1.165) is 0 Å². The van der Waals surface area contributed by atoms with Crippen LogP contribution in [0.3, 0.4) is 0 Å². The van der Waals surface area contributed by atoms with Crippen LogP contribution in [-0.2, 0) is 4.79 Å². The van der Waals surface area contributed by atoms with Crippen molar-refractivity contribution in [3.63, 3.8) is 0 Å². The molecule has 1 N–H and O–H groups in total. The van der Waals surface area contributed by atoms with Gasteiger partial charge < -0.3 is 5.11 Å². The van der Waals surface area contributed by atoms with E-state index >= 15 is 0 Å². The number of nitrogens with zero attached hydrogens (tertiary/aromatic N) is 1. The van der Waals surface area contributed by atoms with Crippen LogP contribution >= 0.6 is 0 Å². The summed E-state index contributed by atoms with van der Waals surface area (Å²) in [5.41, 5.74) is 0. The van der Waals surface area contributed by atoms with E-state index in [1.807, 2.05) is 6.07 Å². The molecule has 1 fully saturated rings. The van der Waals surface area contributed by atoms with Gasteiger partial charge in [-0.15, -0.1) is 0 Å². The third-order valence-electron chi connectivity index (χ3n) is 2.28. The van der Waals surface area contributed by atoms with Gasteiger partial charge in [0.25, 0.3) is 0 Å². The van der Waals surface area contributed by atoms with Gasteiger partial charge in [-0.3, -0.25) is 0 Å². The van der Waals surface area contributed by atoms with Crippen molar-refractivity contribution in [2.24, 2.45) is 11.8 Å². The highest BCUT2D eigenvalue weighted by molar-refractivity contribution is 5.75. The molecule has 1 rings (SSSR count). The number of carboxylic acid groups (broad SMARTS) is 1. The Labute approximate surface area is 74.0 Å². The van der Waals surface area contributed by atoms with E-state index in [1.165, 1.54) is 0 Å². The van der Waals surface area contributed by atoms with E-state index in [9.17, 15) is 13.6 Å². The first kappa shape index (κ1) is 9.90. The summed E-state index contributed by atoms with van der Waals surface area (Å²) in [6, 6.07) is 1.95. The quantitative estimate of drug-likeness (QED) is 0.734. The van der Waals surface area contributed by atoms with Crippen molar-refractivity contribution < 1.29 is 18.7 Å². The summed E-state index contributed by atoms with van der Waals surface area (Å²) in [6.07, 6.45) is 0.166. The highest BCUT2D eigenvalue weighted by atomic mass is 19.3. The fraction of sp³-hybridized carbons (Fsp3) is 0.750. The normalized spacial score (nSPS) is 27.5. The van der Waals surface area contributed by atoms with E-state index in [-0.39, 0.29) is 11.8 Å². The molecule has 0 aromatic heterocycles. The third kappa shape index (κ3) is 2.14. The first-order chi connectivity index (χ1) is 5.95. The molecular weight excluding hydrogens is 180 g/mol. The summed E-state index contributed by atoms with van der Waals surface area (Å²) in [7, 11) is 0. The van der Waals surface area contributed by atoms with Gasteiger partial charge in [0, 0.05) is 12.3 Å². The van der Waals surface area contributed by atoms with Gasteiger partial charge in [0.1, 0.15) is 0 Å².